The molecule has 1 aromatic heterocycles. The molecular weight excluding hydrogens is 318 g/mol. The van der Waals surface area contributed by atoms with Crippen molar-refractivity contribution in [2.24, 2.45) is 5.92 Å². The molecule has 1 fully saturated rings. The summed E-state index contributed by atoms with van der Waals surface area (Å²) >= 11 is 5.84. The first-order chi connectivity index (χ1) is 11.0. The van der Waals surface area contributed by atoms with E-state index in [4.69, 9.17) is 11.6 Å². The predicted octanol–water partition coefficient (Wildman–Crippen LogP) is 2.43. The second-order valence-corrected chi connectivity index (χ2v) is 5.68. The number of nitrogens with one attached hydrogen (secondary N) is 1. The minimum absolute atomic E-state index is 0.0925. The second kappa shape index (κ2) is 6.26. The van der Waals surface area contributed by atoms with Gasteiger partial charge < -0.3 is 15.3 Å². The van der Waals surface area contributed by atoms with Crippen molar-refractivity contribution in [2.75, 3.05) is 16.8 Å². The Morgan fingerprint density at radius 1 is 1.30 bits per heavy atom. The van der Waals surface area contributed by atoms with E-state index in [1.165, 1.54) is 12.3 Å². The molecule has 6 nitrogen and oxygen atoms in total. The molecule has 1 unspecified atom stereocenters. The predicted molar refractivity (Wildman–Crippen MR) is 86.4 cm³/mol. The number of pyridine rings is 1. The summed E-state index contributed by atoms with van der Waals surface area (Å²) in [6.07, 6.45) is 1.58. The molecule has 0 saturated carbocycles. The van der Waals surface area contributed by atoms with E-state index in [9.17, 15) is 14.7 Å². The lowest BCUT2D eigenvalue weighted by Crippen LogP contribution is -2.28. The highest BCUT2D eigenvalue weighted by Crippen LogP contribution is 2.27. The van der Waals surface area contributed by atoms with Crippen LogP contribution in [-0.4, -0.2) is 28.4 Å². The van der Waals surface area contributed by atoms with Crippen LogP contribution in [0.4, 0.5) is 11.5 Å². The molecule has 118 valence electrons. The highest BCUT2D eigenvalue weighted by atomic mass is 35.5. The van der Waals surface area contributed by atoms with Gasteiger partial charge in [0, 0.05) is 29.9 Å². The van der Waals surface area contributed by atoms with Gasteiger partial charge >= 0.3 is 0 Å². The zero-order chi connectivity index (χ0) is 16.4. The molecule has 0 bridgehead atoms. The van der Waals surface area contributed by atoms with Gasteiger partial charge in [0.1, 0.15) is 0 Å². The summed E-state index contributed by atoms with van der Waals surface area (Å²) in [6, 6.07) is 9.87. The van der Waals surface area contributed by atoms with Crippen molar-refractivity contribution in [1.82, 2.24) is 4.98 Å². The van der Waals surface area contributed by atoms with E-state index in [0.29, 0.717) is 10.7 Å². The average molecular weight is 332 g/mol. The van der Waals surface area contributed by atoms with Crippen LogP contribution in [0.3, 0.4) is 0 Å². The fourth-order valence-electron chi connectivity index (χ4n) is 2.47. The minimum Gasteiger partial charge on any atom is -0.504 e. The number of benzene rings is 1. The lowest BCUT2D eigenvalue weighted by atomic mass is 10.1. The number of anilines is 2. The number of hydrogen-bond donors (Lipinski definition) is 2. The minimum atomic E-state index is -0.500. The molecule has 23 heavy (non-hydrogen) atoms. The van der Waals surface area contributed by atoms with Gasteiger partial charge in [-0.25, -0.2) is 4.98 Å². The number of halogens is 1. The number of nitrogens with zero attached hydrogens (tertiary/aromatic N) is 2. The SMILES string of the molecule is O=C(Nc1ncccc1O)C1CC(=O)N(c2ccc(Cl)cc2)C1. The van der Waals surface area contributed by atoms with Gasteiger partial charge in [-0.2, -0.15) is 0 Å². The molecule has 1 saturated heterocycles. The second-order valence-electron chi connectivity index (χ2n) is 5.24. The van der Waals surface area contributed by atoms with Crippen molar-refractivity contribution in [3.05, 3.63) is 47.6 Å². The molecule has 2 amide bonds. The molecule has 0 spiro atoms. The van der Waals surface area contributed by atoms with E-state index in [2.05, 4.69) is 10.3 Å². The van der Waals surface area contributed by atoms with Crippen molar-refractivity contribution >= 4 is 34.9 Å². The maximum absolute atomic E-state index is 12.3. The summed E-state index contributed by atoms with van der Waals surface area (Å²) in [5, 5.41) is 12.8. The van der Waals surface area contributed by atoms with Crippen LogP contribution in [0, 0.1) is 5.92 Å². The first-order valence-electron chi connectivity index (χ1n) is 7.05. The first kappa shape index (κ1) is 15.3. The van der Waals surface area contributed by atoms with E-state index >= 15 is 0 Å². The summed E-state index contributed by atoms with van der Waals surface area (Å²) < 4.78 is 0. The number of aromatic hydroxyl groups is 1. The molecule has 1 atom stereocenters. The fourth-order valence-corrected chi connectivity index (χ4v) is 2.59. The number of aromatic nitrogens is 1. The largest absolute Gasteiger partial charge is 0.504 e. The molecule has 0 radical (unpaired) electrons. The summed E-state index contributed by atoms with van der Waals surface area (Å²) in [4.78, 5) is 29.9. The van der Waals surface area contributed by atoms with Gasteiger partial charge in [0.2, 0.25) is 11.8 Å². The molecule has 1 aliphatic heterocycles. The number of amides is 2. The Labute approximate surface area is 137 Å². The third-order valence-electron chi connectivity index (χ3n) is 3.66. The smallest absolute Gasteiger partial charge is 0.231 e. The van der Waals surface area contributed by atoms with Gasteiger partial charge in [-0.15, -0.1) is 0 Å². The maximum atomic E-state index is 12.3. The zero-order valence-corrected chi connectivity index (χ0v) is 12.8. The quantitative estimate of drug-likeness (QED) is 0.905. The molecule has 1 aliphatic rings. The van der Waals surface area contributed by atoms with Gasteiger partial charge in [-0.05, 0) is 36.4 Å². The highest BCUT2D eigenvalue weighted by molar-refractivity contribution is 6.30. The van der Waals surface area contributed by atoms with E-state index in [0.717, 1.165) is 0 Å². The van der Waals surface area contributed by atoms with Gasteiger partial charge in [0.25, 0.3) is 0 Å². The molecule has 2 heterocycles. The third kappa shape index (κ3) is 3.27. The number of rotatable bonds is 3. The lowest BCUT2D eigenvalue weighted by molar-refractivity contribution is -0.122. The summed E-state index contributed by atoms with van der Waals surface area (Å²) in [7, 11) is 0. The van der Waals surface area contributed by atoms with Crippen molar-refractivity contribution in [3.8, 4) is 5.75 Å². The van der Waals surface area contributed by atoms with E-state index in [-0.39, 0.29) is 36.3 Å². The van der Waals surface area contributed by atoms with Crippen LogP contribution in [0.5, 0.6) is 5.75 Å². The number of carbonyl (C=O) groups is 2. The molecule has 1 aromatic carbocycles. The van der Waals surface area contributed by atoms with Gasteiger partial charge in [-0.1, -0.05) is 11.6 Å². The van der Waals surface area contributed by atoms with Crippen molar-refractivity contribution in [1.29, 1.82) is 0 Å². The molecule has 3 rings (SSSR count). The molecule has 2 aromatic rings. The Hall–Kier alpha value is -2.60. The van der Waals surface area contributed by atoms with E-state index < -0.39 is 5.92 Å². The Balaban J connectivity index is 1.71. The Bertz CT molecular complexity index is 748. The Morgan fingerprint density at radius 3 is 2.74 bits per heavy atom. The highest BCUT2D eigenvalue weighted by Gasteiger charge is 2.35. The van der Waals surface area contributed by atoms with Crippen LogP contribution in [0.25, 0.3) is 0 Å². The zero-order valence-electron chi connectivity index (χ0n) is 12.1. The van der Waals surface area contributed by atoms with Crippen LogP contribution >= 0.6 is 11.6 Å². The topological polar surface area (TPSA) is 82.5 Å². The van der Waals surface area contributed by atoms with Crippen LogP contribution in [0.2, 0.25) is 5.02 Å². The van der Waals surface area contributed by atoms with E-state index in [1.54, 1.807) is 35.2 Å². The van der Waals surface area contributed by atoms with E-state index in [1.807, 2.05) is 0 Å². The van der Waals surface area contributed by atoms with Crippen LogP contribution in [-0.2, 0) is 9.59 Å². The van der Waals surface area contributed by atoms with Crippen LogP contribution in [0.15, 0.2) is 42.6 Å². The van der Waals surface area contributed by atoms with Crippen molar-refractivity contribution < 1.29 is 14.7 Å². The standard InChI is InChI=1S/C16H14ClN3O3/c17-11-3-5-12(6-4-11)20-9-10(8-14(20)22)16(23)19-15-13(21)2-1-7-18-15/h1-7,10,21H,8-9H2,(H,18,19,23). The normalized spacial score (nSPS) is 17.3. The Kier molecular flexibility index (Phi) is 4.16. The van der Waals surface area contributed by atoms with Crippen molar-refractivity contribution in [2.45, 2.75) is 6.42 Å². The average Bonchev–Trinajstić information content (AvgIpc) is 2.92. The summed E-state index contributed by atoms with van der Waals surface area (Å²) in [6.45, 7) is 0.278. The summed E-state index contributed by atoms with van der Waals surface area (Å²) in [5.74, 6) is -0.990. The van der Waals surface area contributed by atoms with Crippen LogP contribution in [0.1, 0.15) is 6.42 Å². The number of carbonyl (C=O) groups excluding carboxylic acids is 2. The Morgan fingerprint density at radius 2 is 2.04 bits per heavy atom. The molecule has 7 heteroatoms. The lowest BCUT2D eigenvalue weighted by Gasteiger charge is -2.16. The molecule has 0 aliphatic carbocycles. The third-order valence-corrected chi connectivity index (χ3v) is 3.91. The number of hydrogen-bond acceptors (Lipinski definition) is 4. The fraction of sp³-hybridized carbons (Fsp3) is 0.188. The first-order valence-corrected chi connectivity index (χ1v) is 7.43. The van der Waals surface area contributed by atoms with Gasteiger partial charge in [-0.3, -0.25) is 9.59 Å². The molecular formula is C16H14ClN3O3. The van der Waals surface area contributed by atoms with Crippen molar-refractivity contribution in [3.63, 3.8) is 0 Å². The summed E-state index contributed by atoms with van der Waals surface area (Å²) in [5.41, 5.74) is 0.704. The monoisotopic (exact) mass is 331 g/mol. The van der Waals surface area contributed by atoms with Crippen LogP contribution < -0.4 is 10.2 Å². The van der Waals surface area contributed by atoms with Gasteiger partial charge in [0.05, 0.1) is 5.92 Å². The maximum Gasteiger partial charge on any atom is 0.231 e. The van der Waals surface area contributed by atoms with Gasteiger partial charge in [0.15, 0.2) is 11.6 Å². The molecule has 2 N–H and O–H groups in total.